The van der Waals surface area contributed by atoms with Crippen LogP contribution in [0, 0.1) is 5.82 Å². The highest BCUT2D eigenvalue weighted by Gasteiger charge is 2.25. The molecule has 0 bridgehead atoms. The van der Waals surface area contributed by atoms with Crippen molar-refractivity contribution in [1.29, 1.82) is 0 Å². The Balaban J connectivity index is 1.90. The van der Waals surface area contributed by atoms with Crippen LogP contribution in [0.4, 0.5) is 10.1 Å². The smallest absolute Gasteiger partial charge is 0.348 e. The summed E-state index contributed by atoms with van der Waals surface area (Å²) in [5.41, 5.74) is 0.418. The van der Waals surface area contributed by atoms with Crippen molar-refractivity contribution in [2.45, 2.75) is 32.5 Å². The molecule has 0 saturated carbocycles. The Morgan fingerprint density at radius 3 is 2.32 bits per heavy atom. The summed E-state index contributed by atoms with van der Waals surface area (Å²) in [6.07, 6.45) is -1.41. The molecular formula is C19H20FNO4. The zero-order chi connectivity index (χ0) is 18.2. The average molecular weight is 345 g/mol. The van der Waals surface area contributed by atoms with Crippen molar-refractivity contribution in [2.24, 2.45) is 0 Å². The van der Waals surface area contributed by atoms with Gasteiger partial charge in [0.2, 0.25) is 0 Å². The van der Waals surface area contributed by atoms with E-state index in [1.807, 2.05) is 6.07 Å². The Hall–Kier alpha value is -2.89. The van der Waals surface area contributed by atoms with Crippen molar-refractivity contribution < 1.29 is 23.5 Å². The van der Waals surface area contributed by atoms with Crippen molar-refractivity contribution in [3.63, 3.8) is 0 Å². The van der Waals surface area contributed by atoms with E-state index < -0.39 is 29.9 Å². The molecule has 0 aliphatic carbocycles. The van der Waals surface area contributed by atoms with Crippen LogP contribution in [-0.4, -0.2) is 24.1 Å². The van der Waals surface area contributed by atoms with Gasteiger partial charge in [0.25, 0.3) is 5.91 Å². The lowest BCUT2D eigenvalue weighted by atomic mass is 10.2. The average Bonchev–Trinajstić information content (AvgIpc) is 2.62. The number of carbonyl (C=O) groups excluding carboxylic acids is 2. The lowest BCUT2D eigenvalue weighted by molar-refractivity contribution is -0.160. The van der Waals surface area contributed by atoms with E-state index >= 15 is 0 Å². The molecule has 0 aliphatic rings. The van der Waals surface area contributed by atoms with Gasteiger partial charge in [0, 0.05) is 5.69 Å². The van der Waals surface area contributed by atoms with Gasteiger partial charge in [0.05, 0.1) is 0 Å². The summed E-state index contributed by atoms with van der Waals surface area (Å²) >= 11 is 0. The van der Waals surface area contributed by atoms with Crippen LogP contribution in [0.2, 0.25) is 0 Å². The second-order valence-electron chi connectivity index (χ2n) is 5.40. The highest BCUT2D eigenvalue weighted by atomic mass is 19.1. The summed E-state index contributed by atoms with van der Waals surface area (Å²) in [7, 11) is 0. The van der Waals surface area contributed by atoms with Crippen molar-refractivity contribution in [1.82, 2.24) is 0 Å². The second-order valence-corrected chi connectivity index (χ2v) is 5.40. The first kappa shape index (κ1) is 18.4. The third kappa shape index (κ3) is 5.60. The highest BCUT2D eigenvalue weighted by molar-refractivity contribution is 5.95. The molecule has 0 saturated heterocycles. The molecule has 2 atom stereocenters. The summed E-state index contributed by atoms with van der Waals surface area (Å²) in [6, 6.07) is 14.2. The molecule has 2 rings (SSSR count). The monoisotopic (exact) mass is 345 g/mol. The largest absolute Gasteiger partial charge is 0.479 e. The van der Waals surface area contributed by atoms with E-state index in [2.05, 4.69) is 5.32 Å². The van der Waals surface area contributed by atoms with Gasteiger partial charge < -0.3 is 14.8 Å². The van der Waals surface area contributed by atoms with E-state index in [-0.39, 0.29) is 0 Å². The van der Waals surface area contributed by atoms with Crippen LogP contribution in [0.5, 0.6) is 5.75 Å². The molecule has 1 N–H and O–H groups in total. The molecule has 2 aromatic rings. The number of anilines is 1. The minimum atomic E-state index is -1.01. The van der Waals surface area contributed by atoms with Gasteiger partial charge in [-0.05, 0) is 49.7 Å². The number of amides is 1. The molecule has 2 aromatic carbocycles. The highest BCUT2D eigenvalue weighted by Crippen LogP contribution is 2.14. The molecule has 6 heteroatoms. The zero-order valence-electron chi connectivity index (χ0n) is 14.1. The van der Waals surface area contributed by atoms with E-state index in [1.54, 1.807) is 31.2 Å². The lowest BCUT2D eigenvalue weighted by Gasteiger charge is -2.19. The number of hydrogen-bond acceptors (Lipinski definition) is 4. The quantitative estimate of drug-likeness (QED) is 0.780. The summed E-state index contributed by atoms with van der Waals surface area (Å²) in [4.78, 5) is 24.3. The van der Waals surface area contributed by atoms with E-state index in [4.69, 9.17) is 9.47 Å². The van der Waals surface area contributed by atoms with Crippen molar-refractivity contribution in [2.75, 3.05) is 5.32 Å². The maximum atomic E-state index is 12.9. The summed E-state index contributed by atoms with van der Waals surface area (Å²) < 4.78 is 23.6. The third-order valence-corrected chi connectivity index (χ3v) is 3.43. The van der Waals surface area contributed by atoms with E-state index in [0.717, 1.165) is 0 Å². The predicted molar refractivity (Wildman–Crippen MR) is 91.7 cm³/mol. The van der Waals surface area contributed by atoms with Crippen LogP contribution < -0.4 is 10.1 Å². The Labute approximate surface area is 145 Å². The molecule has 5 nitrogen and oxygen atoms in total. The molecule has 0 aromatic heterocycles. The van der Waals surface area contributed by atoms with Gasteiger partial charge in [0.1, 0.15) is 11.6 Å². The number of benzene rings is 2. The molecule has 0 fully saturated rings. The molecule has 0 radical (unpaired) electrons. The van der Waals surface area contributed by atoms with Gasteiger partial charge in [-0.2, -0.15) is 0 Å². The number of halogens is 1. The predicted octanol–water partition coefficient (Wildman–Crippen LogP) is 3.55. The lowest BCUT2D eigenvalue weighted by Crippen LogP contribution is -2.36. The number of esters is 1. The van der Waals surface area contributed by atoms with Gasteiger partial charge >= 0.3 is 5.97 Å². The maximum absolute atomic E-state index is 12.9. The van der Waals surface area contributed by atoms with Gasteiger partial charge in [-0.1, -0.05) is 25.1 Å². The van der Waals surface area contributed by atoms with Crippen LogP contribution in [-0.2, 0) is 14.3 Å². The summed E-state index contributed by atoms with van der Waals surface area (Å²) in [6.45, 7) is 3.25. The van der Waals surface area contributed by atoms with Crippen LogP contribution in [0.3, 0.4) is 0 Å². The molecule has 1 amide bonds. The molecule has 132 valence electrons. The molecule has 0 unspecified atom stereocenters. The van der Waals surface area contributed by atoms with Gasteiger partial charge in [-0.25, -0.2) is 9.18 Å². The second kappa shape index (κ2) is 8.82. The zero-order valence-corrected chi connectivity index (χ0v) is 14.1. The fraction of sp³-hybridized carbons (Fsp3) is 0.263. The van der Waals surface area contributed by atoms with Crippen LogP contribution >= 0.6 is 0 Å². The topological polar surface area (TPSA) is 64.6 Å². The van der Waals surface area contributed by atoms with Crippen molar-refractivity contribution in [3.8, 4) is 5.75 Å². The fourth-order valence-electron chi connectivity index (χ4n) is 2.04. The van der Waals surface area contributed by atoms with E-state index in [0.29, 0.717) is 17.9 Å². The van der Waals surface area contributed by atoms with Gasteiger partial charge in [-0.3, -0.25) is 4.79 Å². The van der Waals surface area contributed by atoms with Crippen molar-refractivity contribution >= 4 is 17.6 Å². The first-order valence-corrected chi connectivity index (χ1v) is 7.98. The molecule has 0 spiro atoms. The minimum Gasteiger partial charge on any atom is -0.479 e. The first-order chi connectivity index (χ1) is 12.0. The Bertz CT molecular complexity index is 703. The summed E-state index contributed by atoms with van der Waals surface area (Å²) in [5.74, 6) is -0.973. The third-order valence-electron chi connectivity index (χ3n) is 3.43. The number of nitrogens with one attached hydrogen (secondary N) is 1. The standard InChI is InChI=1S/C19H20FNO4/c1-3-17(25-16-7-5-4-6-8-16)19(23)24-13(2)18(22)21-15-11-9-14(20)10-12-15/h4-13,17H,3H2,1-2H3,(H,21,22)/t13-,17-/m0/s1. The van der Waals surface area contributed by atoms with Gasteiger partial charge in [0.15, 0.2) is 12.2 Å². The van der Waals surface area contributed by atoms with Gasteiger partial charge in [-0.15, -0.1) is 0 Å². The number of ether oxygens (including phenoxy) is 2. The Morgan fingerprint density at radius 1 is 1.08 bits per heavy atom. The Kier molecular flexibility index (Phi) is 6.51. The number of para-hydroxylation sites is 1. The fourth-order valence-corrected chi connectivity index (χ4v) is 2.04. The number of carbonyl (C=O) groups is 2. The van der Waals surface area contributed by atoms with Crippen molar-refractivity contribution in [3.05, 3.63) is 60.4 Å². The number of hydrogen-bond donors (Lipinski definition) is 1. The Morgan fingerprint density at radius 2 is 1.72 bits per heavy atom. The SMILES string of the molecule is CC[C@H](Oc1ccccc1)C(=O)O[C@@H](C)C(=O)Nc1ccc(F)cc1. The van der Waals surface area contributed by atoms with E-state index in [9.17, 15) is 14.0 Å². The molecule has 0 heterocycles. The minimum absolute atomic E-state index is 0.402. The molecule has 25 heavy (non-hydrogen) atoms. The molecular weight excluding hydrogens is 325 g/mol. The van der Waals surface area contributed by atoms with Crippen LogP contribution in [0.1, 0.15) is 20.3 Å². The van der Waals surface area contributed by atoms with E-state index in [1.165, 1.54) is 31.2 Å². The maximum Gasteiger partial charge on any atom is 0.348 e. The summed E-state index contributed by atoms with van der Waals surface area (Å²) in [5, 5.41) is 2.56. The normalized spacial score (nSPS) is 12.8. The van der Waals surface area contributed by atoms with Crippen LogP contribution in [0.15, 0.2) is 54.6 Å². The first-order valence-electron chi connectivity index (χ1n) is 7.98. The van der Waals surface area contributed by atoms with Crippen LogP contribution in [0.25, 0.3) is 0 Å². The number of rotatable bonds is 7. The molecule has 0 aliphatic heterocycles.